The number of alkyl halides is 2. The predicted octanol–water partition coefficient (Wildman–Crippen LogP) is 3.12. The molecule has 0 aliphatic heterocycles. The molecule has 2 aromatic rings. The molecule has 1 aromatic carbocycles. The Bertz CT molecular complexity index is 485. The van der Waals surface area contributed by atoms with Gasteiger partial charge in [0.15, 0.2) is 0 Å². The molecular weight excluding hydrogens is 240 g/mol. The highest BCUT2D eigenvalue weighted by atomic mass is 19.3. The van der Waals surface area contributed by atoms with Crippen LogP contribution in [0, 0.1) is 0 Å². The maximum Gasteiger partial charge on any atom is 0.387 e. The number of hydrogen-bond donors (Lipinski definition) is 1. The topological polar surface area (TPSA) is 48.4 Å². The second-order valence-corrected chi connectivity index (χ2v) is 3.89. The molecule has 0 fully saturated rings. The highest BCUT2D eigenvalue weighted by molar-refractivity contribution is 5.31. The summed E-state index contributed by atoms with van der Waals surface area (Å²) in [6, 6.07) is 7.95. The van der Waals surface area contributed by atoms with E-state index in [0.717, 1.165) is 11.1 Å². The van der Waals surface area contributed by atoms with Gasteiger partial charge in [-0.05, 0) is 35.7 Å². The molecule has 2 rings (SSSR count). The molecule has 0 aliphatic rings. The van der Waals surface area contributed by atoms with Gasteiger partial charge in [-0.2, -0.15) is 8.78 Å². The highest BCUT2D eigenvalue weighted by Gasteiger charge is 2.10. The molecule has 0 saturated heterocycles. The Hall–Kier alpha value is -1.88. The third-order valence-electron chi connectivity index (χ3n) is 2.55. The van der Waals surface area contributed by atoms with Crippen LogP contribution in [0.4, 0.5) is 8.78 Å². The molecule has 0 radical (unpaired) electrons. The van der Waals surface area contributed by atoms with E-state index in [0.29, 0.717) is 6.42 Å². The van der Waals surface area contributed by atoms with Gasteiger partial charge >= 0.3 is 6.61 Å². The predicted molar refractivity (Wildman–Crippen MR) is 62.4 cm³/mol. The van der Waals surface area contributed by atoms with Crippen LogP contribution in [0.15, 0.2) is 47.3 Å². The summed E-state index contributed by atoms with van der Waals surface area (Å²) < 4.78 is 33.5. The van der Waals surface area contributed by atoms with E-state index >= 15 is 0 Å². The van der Waals surface area contributed by atoms with E-state index in [2.05, 4.69) is 4.74 Å². The Balaban J connectivity index is 2.07. The summed E-state index contributed by atoms with van der Waals surface area (Å²) >= 11 is 0. The Morgan fingerprint density at radius 3 is 2.78 bits per heavy atom. The van der Waals surface area contributed by atoms with E-state index in [-0.39, 0.29) is 11.8 Å². The molecule has 0 amide bonds. The van der Waals surface area contributed by atoms with Gasteiger partial charge in [-0.15, -0.1) is 0 Å². The lowest BCUT2D eigenvalue weighted by atomic mass is 10.0. The molecule has 5 heteroatoms. The van der Waals surface area contributed by atoms with E-state index in [4.69, 9.17) is 10.2 Å². The second-order valence-electron chi connectivity index (χ2n) is 3.89. The minimum Gasteiger partial charge on any atom is -0.472 e. The minimum absolute atomic E-state index is 0.116. The fourth-order valence-corrected chi connectivity index (χ4v) is 1.70. The smallest absolute Gasteiger partial charge is 0.387 e. The van der Waals surface area contributed by atoms with Crippen molar-refractivity contribution in [1.82, 2.24) is 0 Å². The van der Waals surface area contributed by atoms with Crippen LogP contribution in [0.25, 0.3) is 0 Å². The third kappa shape index (κ3) is 3.30. The molecule has 1 unspecified atom stereocenters. The van der Waals surface area contributed by atoms with Crippen molar-refractivity contribution in [3.63, 3.8) is 0 Å². The molecule has 0 aliphatic carbocycles. The van der Waals surface area contributed by atoms with E-state index < -0.39 is 6.61 Å². The van der Waals surface area contributed by atoms with Crippen molar-refractivity contribution in [2.45, 2.75) is 19.1 Å². The first-order chi connectivity index (χ1) is 8.65. The second kappa shape index (κ2) is 5.64. The summed E-state index contributed by atoms with van der Waals surface area (Å²) in [5.41, 5.74) is 7.71. The van der Waals surface area contributed by atoms with Crippen molar-refractivity contribution < 1.29 is 17.9 Å². The van der Waals surface area contributed by atoms with Crippen molar-refractivity contribution >= 4 is 0 Å². The molecule has 1 aromatic heterocycles. The number of halogens is 2. The van der Waals surface area contributed by atoms with Gasteiger partial charge in [0.05, 0.1) is 12.5 Å². The zero-order valence-corrected chi connectivity index (χ0v) is 9.55. The Kier molecular flexibility index (Phi) is 3.94. The third-order valence-corrected chi connectivity index (χ3v) is 2.55. The van der Waals surface area contributed by atoms with Crippen LogP contribution in [0.2, 0.25) is 0 Å². The first kappa shape index (κ1) is 12.6. The maximum atomic E-state index is 12.1. The van der Waals surface area contributed by atoms with Gasteiger partial charge in [0.1, 0.15) is 5.75 Å². The average molecular weight is 253 g/mol. The summed E-state index contributed by atoms with van der Waals surface area (Å²) in [5.74, 6) is 0.116. The SMILES string of the molecule is NC(Cc1ccoc1)c1cccc(OC(F)F)c1. The molecular formula is C13H13F2NO2. The number of hydrogen-bond acceptors (Lipinski definition) is 3. The van der Waals surface area contributed by atoms with Crippen LogP contribution >= 0.6 is 0 Å². The van der Waals surface area contributed by atoms with E-state index in [1.807, 2.05) is 6.07 Å². The van der Waals surface area contributed by atoms with Gasteiger partial charge in [-0.3, -0.25) is 0 Å². The number of ether oxygens (including phenoxy) is 1. The van der Waals surface area contributed by atoms with Gasteiger partial charge < -0.3 is 14.9 Å². The number of nitrogens with two attached hydrogens (primary N) is 1. The molecule has 1 heterocycles. The average Bonchev–Trinajstić information content (AvgIpc) is 2.81. The zero-order chi connectivity index (χ0) is 13.0. The molecule has 0 spiro atoms. The van der Waals surface area contributed by atoms with Crippen LogP contribution in [0.3, 0.4) is 0 Å². The molecule has 1 atom stereocenters. The summed E-state index contributed by atoms with van der Waals surface area (Å²) in [5, 5.41) is 0. The fourth-order valence-electron chi connectivity index (χ4n) is 1.70. The molecule has 2 N–H and O–H groups in total. The Morgan fingerprint density at radius 2 is 2.11 bits per heavy atom. The highest BCUT2D eigenvalue weighted by Crippen LogP contribution is 2.22. The van der Waals surface area contributed by atoms with Crippen LogP contribution in [0.1, 0.15) is 17.2 Å². The number of benzene rings is 1. The van der Waals surface area contributed by atoms with E-state index in [1.54, 1.807) is 24.7 Å². The van der Waals surface area contributed by atoms with E-state index in [1.165, 1.54) is 12.1 Å². The molecule has 0 bridgehead atoms. The monoisotopic (exact) mass is 253 g/mol. The zero-order valence-electron chi connectivity index (χ0n) is 9.55. The van der Waals surface area contributed by atoms with Gasteiger partial charge in [-0.25, -0.2) is 0 Å². The van der Waals surface area contributed by atoms with Gasteiger partial charge in [0.25, 0.3) is 0 Å². The quantitative estimate of drug-likeness (QED) is 0.890. The lowest BCUT2D eigenvalue weighted by Gasteiger charge is -2.12. The van der Waals surface area contributed by atoms with Gasteiger partial charge in [0.2, 0.25) is 0 Å². The molecule has 3 nitrogen and oxygen atoms in total. The Labute approximate surface area is 103 Å². The van der Waals surface area contributed by atoms with Crippen LogP contribution in [0.5, 0.6) is 5.75 Å². The van der Waals surface area contributed by atoms with Crippen LogP contribution < -0.4 is 10.5 Å². The lowest BCUT2D eigenvalue weighted by molar-refractivity contribution is -0.0498. The van der Waals surface area contributed by atoms with Gasteiger partial charge in [-0.1, -0.05) is 12.1 Å². The van der Waals surface area contributed by atoms with Crippen LogP contribution in [-0.2, 0) is 6.42 Å². The largest absolute Gasteiger partial charge is 0.472 e. The Morgan fingerprint density at radius 1 is 1.28 bits per heavy atom. The molecule has 0 saturated carbocycles. The molecule has 18 heavy (non-hydrogen) atoms. The minimum atomic E-state index is -2.83. The number of rotatable bonds is 5. The van der Waals surface area contributed by atoms with Crippen molar-refractivity contribution in [3.05, 3.63) is 54.0 Å². The summed E-state index contributed by atoms with van der Waals surface area (Å²) in [4.78, 5) is 0. The summed E-state index contributed by atoms with van der Waals surface area (Å²) in [6.45, 7) is -2.83. The van der Waals surface area contributed by atoms with Crippen molar-refractivity contribution in [3.8, 4) is 5.75 Å². The van der Waals surface area contributed by atoms with Crippen molar-refractivity contribution in [1.29, 1.82) is 0 Å². The van der Waals surface area contributed by atoms with Crippen LogP contribution in [-0.4, -0.2) is 6.61 Å². The maximum absolute atomic E-state index is 12.1. The van der Waals surface area contributed by atoms with Gasteiger partial charge in [0, 0.05) is 6.04 Å². The standard InChI is InChI=1S/C13H13F2NO2/c14-13(15)18-11-3-1-2-10(7-11)12(16)6-9-4-5-17-8-9/h1-5,7-8,12-13H,6,16H2. The van der Waals surface area contributed by atoms with Crippen molar-refractivity contribution in [2.75, 3.05) is 0 Å². The lowest BCUT2D eigenvalue weighted by Crippen LogP contribution is -2.13. The van der Waals surface area contributed by atoms with E-state index in [9.17, 15) is 8.78 Å². The summed E-state index contributed by atoms with van der Waals surface area (Å²) in [7, 11) is 0. The first-order valence-electron chi connectivity index (χ1n) is 5.46. The fraction of sp³-hybridized carbons (Fsp3) is 0.231. The van der Waals surface area contributed by atoms with Crippen molar-refractivity contribution in [2.24, 2.45) is 5.73 Å². The number of furan rings is 1. The normalized spacial score (nSPS) is 12.7. The summed E-state index contributed by atoms with van der Waals surface area (Å²) in [6.07, 6.45) is 3.76. The first-order valence-corrected chi connectivity index (χ1v) is 5.46. The molecule has 96 valence electrons.